The number of hydrogen-bond acceptors (Lipinski definition) is 0. The molecule has 3 rings (SSSR count). The highest BCUT2D eigenvalue weighted by atomic mass is 19.1. The Hall–Kier alpha value is -2.15. The Kier molecular flexibility index (Phi) is 4.76. The minimum absolute atomic E-state index is 0.141. The van der Waals surface area contributed by atoms with Crippen LogP contribution in [0.1, 0.15) is 44.2 Å². The molecule has 1 heteroatoms. The Morgan fingerprint density at radius 1 is 0.913 bits per heavy atom. The molecule has 0 atom stereocenters. The molecular weight excluding hydrogens is 283 g/mol. The van der Waals surface area contributed by atoms with E-state index in [1.165, 1.54) is 16.7 Å². The lowest BCUT2D eigenvalue weighted by molar-refractivity contribution is 0.630. The van der Waals surface area contributed by atoms with Crippen LogP contribution in [0.25, 0.3) is 16.7 Å². The van der Waals surface area contributed by atoms with Crippen LogP contribution in [-0.2, 0) is 6.42 Å². The van der Waals surface area contributed by atoms with Crippen LogP contribution in [0.3, 0.4) is 0 Å². The van der Waals surface area contributed by atoms with Gasteiger partial charge in [0.2, 0.25) is 0 Å². The predicted molar refractivity (Wildman–Crippen MR) is 96.8 cm³/mol. The van der Waals surface area contributed by atoms with E-state index in [-0.39, 0.29) is 5.82 Å². The second kappa shape index (κ2) is 6.95. The summed E-state index contributed by atoms with van der Waals surface area (Å²) in [6.45, 7) is 4.31. The topological polar surface area (TPSA) is 0 Å². The van der Waals surface area contributed by atoms with E-state index in [0.717, 1.165) is 36.8 Å². The van der Waals surface area contributed by atoms with Crippen LogP contribution in [0.2, 0.25) is 0 Å². The van der Waals surface area contributed by atoms with E-state index >= 15 is 0 Å². The lowest BCUT2D eigenvalue weighted by Gasteiger charge is -2.13. The lowest BCUT2D eigenvalue weighted by atomic mass is 9.92. The number of benzene rings is 2. The molecule has 0 fully saturated rings. The monoisotopic (exact) mass is 306 g/mol. The summed E-state index contributed by atoms with van der Waals surface area (Å²) in [7, 11) is 0. The quantitative estimate of drug-likeness (QED) is 0.599. The van der Waals surface area contributed by atoms with Crippen molar-refractivity contribution in [2.24, 2.45) is 0 Å². The Labute approximate surface area is 138 Å². The number of halogens is 1. The minimum atomic E-state index is -0.141. The van der Waals surface area contributed by atoms with Gasteiger partial charge in [-0.2, -0.15) is 0 Å². The number of rotatable bonds is 4. The Bertz CT molecular complexity index is 748. The van der Waals surface area contributed by atoms with Crippen molar-refractivity contribution in [2.75, 3.05) is 0 Å². The van der Waals surface area contributed by atoms with Crippen molar-refractivity contribution in [1.82, 2.24) is 0 Å². The predicted octanol–water partition coefficient (Wildman–Crippen LogP) is 6.57. The molecule has 0 saturated carbocycles. The first-order chi connectivity index (χ1) is 11.2. The molecule has 0 saturated heterocycles. The first-order valence-corrected chi connectivity index (χ1v) is 8.43. The van der Waals surface area contributed by atoms with Crippen LogP contribution >= 0.6 is 0 Å². The van der Waals surface area contributed by atoms with Gasteiger partial charge in [-0.05, 0) is 54.5 Å². The van der Waals surface area contributed by atoms with Gasteiger partial charge in [-0.1, -0.05) is 67.5 Å². The van der Waals surface area contributed by atoms with E-state index in [2.05, 4.69) is 38.1 Å². The second-order valence-corrected chi connectivity index (χ2v) is 6.35. The first-order valence-electron chi connectivity index (χ1n) is 8.43. The van der Waals surface area contributed by atoms with Gasteiger partial charge in [0, 0.05) is 5.56 Å². The average molecular weight is 306 g/mol. The van der Waals surface area contributed by atoms with Crippen molar-refractivity contribution < 1.29 is 4.39 Å². The van der Waals surface area contributed by atoms with E-state index in [9.17, 15) is 4.39 Å². The van der Waals surface area contributed by atoms with Crippen molar-refractivity contribution >= 4 is 5.57 Å². The summed E-state index contributed by atoms with van der Waals surface area (Å²) >= 11 is 0. The molecule has 0 N–H and O–H groups in total. The zero-order valence-corrected chi connectivity index (χ0v) is 13.9. The Morgan fingerprint density at radius 2 is 1.65 bits per heavy atom. The van der Waals surface area contributed by atoms with Gasteiger partial charge in [-0.25, -0.2) is 4.39 Å². The SMILES string of the molecule is CCCc1ccc(-c2ccc(C3=CC=C(C)CC3)cc2F)cc1. The van der Waals surface area contributed by atoms with Crippen LogP contribution in [0.5, 0.6) is 0 Å². The van der Waals surface area contributed by atoms with Gasteiger partial charge < -0.3 is 0 Å². The molecule has 0 aliphatic heterocycles. The second-order valence-electron chi connectivity index (χ2n) is 6.35. The molecule has 118 valence electrons. The van der Waals surface area contributed by atoms with Gasteiger partial charge in [0.05, 0.1) is 0 Å². The molecular formula is C22H23F. The molecule has 23 heavy (non-hydrogen) atoms. The maximum absolute atomic E-state index is 14.6. The molecule has 0 unspecified atom stereocenters. The fourth-order valence-corrected chi connectivity index (χ4v) is 3.07. The van der Waals surface area contributed by atoms with Gasteiger partial charge in [0.1, 0.15) is 5.82 Å². The average Bonchev–Trinajstić information content (AvgIpc) is 2.57. The van der Waals surface area contributed by atoms with Crippen molar-refractivity contribution in [3.05, 3.63) is 77.1 Å². The van der Waals surface area contributed by atoms with E-state index in [1.54, 1.807) is 6.07 Å². The van der Waals surface area contributed by atoms with Gasteiger partial charge in [0.15, 0.2) is 0 Å². The maximum Gasteiger partial charge on any atom is 0.131 e. The van der Waals surface area contributed by atoms with Crippen molar-refractivity contribution in [1.29, 1.82) is 0 Å². The molecule has 2 aromatic rings. The summed E-state index contributed by atoms with van der Waals surface area (Å²) in [5.41, 5.74) is 6.54. The van der Waals surface area contributed by atoms with Gasteiger partial charge in [-0.3, -0.25) is 0 Å². The maximum atomic E-state index is 14.6. The lowest BCUT2D eigenvalue weighted by Crippen LogP contribution is -1.94. The Morgan fingerprint density at radius 3 is 2.26 bits per heavy atom. The summed E-state index contributed by atoms with van der Waals surface area (Å²) in [6.07, 6.45) is 8.51. The highest BCUT2D eigenvalue weighted by Gasteiger charge is 2.10. The van der Waals surface area contributed by atoms with Crippen LogP contribution in [0.4, 0.5) is 4.39 Å². The summed E-state index contributed by atoms with van der Waals surface area (Å²) in [6, 6.07) is 13.9. The van der Waals surface area contributed by atoms with Crippen LogP contribution in [0, 0.1) is 5.82 Å². The zero-order chi connectivity index (χ0) is 16.2. The molecule has 0 spiro atoms. The fourth-order valence-electron chi connectivity index (χ4n) is 3.07. The van der Waals surface area contributed by atoms with Crippen LogP contribution in [0.15, 0.2) is 60.2 Å². The van der Waals surface area contributed by atoms with Crippen molar-refractivity contribution in [3.8, 4) is 11.1 Å². The molecule has 0 nitrogen and oxygen atoms in total. The van der Waals surface area contributed by atoms with Crippen LogP contribution in [-0.4, -0.2) is 0 Å². The number of allylic oxidation sites excluding steroid dienone is 4. The Balaban J connectivity index is 1.87. The van der Waals surface area contributed by atoms with Crippen molar-refractivity contribution in [2.45, 2.75) is 39.5 Å². The molecule has 0 heterocycles. The smallest absolute Gasteiger partial charge is 0.131 e. The van der Waals surface area contributed by atoms with Crippen molar-refractivity contribution in [3.63, 3.8) is 0 Å². The highest BCUT2D eigenvalue weighted by molar-refractivity contribution is 5.72. The van der Waals surface area contributed by atoms with Gasteiger partial charge in [0.25, 0.3) is 0 Å². The standard InChI is InChI=1S/C22H23F/c1-3-4-17-7-11-19(12-8-17)21-14-13-20(15-22(21)23)18-9-5-16(2)6-10-18/h5,7-9,11-15H,3-4,6,10H2,1-2H3. The largest absolute Gasteiger partial charge is 0.206 e. The number of hydrogen-bond donors (Lipinski definition) is 0. The van der Waals surface area contributed by atoms with E-state index in [4.69, 9.17) is 0 Å². The first kappa shape index (κ1) is 15.7. The highest BCUT2D eigenvalue weighted by Crippen LogP contribution is 2.30. The molecule has 1 aliphatic carbocycles. The van der Waals surface area contributed by atoms with E-state index in [1.807, 2.05) is 24.3 Å². The zero-order valence-electron chi connectivity index (χ0n) is 13.9. The molecule has 0 aromatic heterocycles. The molecule has 2 aromatic carbocycles. The fraction of sp³-hybridized carbons (Fsp3) is 0.273. The summed E-state index contributed by atoms with van der Waals surface area (Å²) in [4.78, 5) is 0. The van der Waals surface area contributed by atoms with Gasteiger partial charge >= 0.3 is 0 Å². The van der Waals surface area contributed by atoms with Gasteiger partial charge in [-0.15, -0.1) is 0 Å². The molecule has 0 amide bonds. The normalized spacial score (nSPS) is 14.4. The summed E-state index contributed by atoms with van der Waals surface area (Å²) in [5.74, 6) is -0.141. The third-order valence-corrected chi connectivity index (χ3v) is 4.50. The molecule has 0 radical (unpaired) electrons. The van der Waals surface area contributed by atoms with Crippen LogP contribution < -0.4 is 0 Å². The molecule has 0 bridgehead atoms. The third-order valence-electron chi connectivity index (χ3n) is 4.50. The summed E-state index contributed by atoms with van der Waals surface area (Å²) < 4.78 is 14.6. The van der Waals surface area contributed by atoms with E-state index in [0.29, 0.717) is 5.56 Å². The molecule has 1 aliphatic rings. The number of aryl methyl sites for hydroxylation is 1. The van der Waals surface area contributed by atoms with E-state index < -0.39 is 0 Å². The summed E-state index contributed by atoms with van der Waals surface area (Å²) in [5, 5.41) is 0. The third kappa shape index (κ3) is 3.61. The minimum Gasteiger partial charge on any atom is -0.206 e.